The van der Waals surface area contributed by atoms with Crippen LogP contribution in [0.2, 0.25) is 0 Å². The summed E-state index contributed by atoms with van der Waals surface area (Å²) in [5, 5.41) is 9.50. The number of nitrogens with zero attached hydrogens (tertiary/aromatic N) is 1. The molecule has 5 nitrogen and oxygen atoms in total. The SMILES string of the molecule is CC(C)CCN(C(=O)OCC1c2ccccc2-c2ccccc21)[C@H](CS)C(=O)O. The lowest BCUT2D eigenvalue weighted by Crippen LogP contribution is -2.47. The Morgan fingerprint density at radius 1 is 1.07 bits per heavy atom. The second-order valence-corrected chi connectivity index (χ2v) is 8.08. The van der Waals surface area contributed by atoms with Gasteiger partial charge < -0.3 is 9.84 Å². The summed E-state index contributed by atoms with van der Waals surface area (Å²) in [5.41, 5.74) is 4.55. The molecule has 0 unspecified atom stereocenters. The van der Waals surface area contributed by atoms with E-state index in [1.165, 1.54) is 4.90 Å². The zero-order chi connectivity index (χ0) is 21.0. The van der Waals surface area contributed by atoms with Crippen LogP contribution in [0.1, 0.15) is 37.3 Å². The quantitative estimate of drug-likeness (QED) is 0.618. The number of amides is 1. The molecule has 1 amide bonds. The number of fused-ring (bicyclic) bond motifs is 3. The molecule has 2 aromatic rings. The Morgan fingerprint density at radius 3 is 2.10 bits per heavy atom. The first-order valence-corrected chi connectivity index (χ1v) is 10.5. The Morgan fingerprint density at radius 2 is 1.62 bits per heavy atom. The van der Waals surface area contributed by atoms with Gasteiger partial charge >= 0.3 is 12.1 Å². The molecule has 0 bridgehead atoms. The predicted octanol–water partition coefficient (Wildman–Crippen LogP) is 4.67. The summed E-state index contributed by atoms with van der Waals surface area (Å²) in [6.07, 6.45) is 0.0934. The molecular weight excluding hydrogens is 386 g/mol. The van der Waals surface area contributed by atoms with Gasteiger partial charge in [0.1, 0.15) is 12.6 Å². The highest BCUT2D eigenvalue weighted by atomic mass is 32.1. The normalized spacial score (nSPS) is 13.7. The number of carbonyl (C=O) groups excluding carboxylic acids is 1. The third-order valence-corrected chi connectivity index (χ3v) is 5.70. The number of carboxylic acid groups (broad SMARTS) is 1. The number of benzene rings is 2. The van der Waals surface area contributed by atoms with Crippen molar-refractivity contribution in [3.8, 4) is 11.1 Å². The molecule has 0 aliphatic heterocycles. The van der Waals surface area contributed by atoms with Gasteiger partial charge in [0.15, 0.2) is 0 Å². The summed E-state index contributed by atoms with van der Waals surface area (Å²) in [5.74, 6) is -0.749. The van der Waals surface area contributed by atoms with E-state index in [1.807, 2.05) is 38.1 Å². The molecule has 2 aromatic carbocycles. The van der Waals surface area contributed by atoms with Crippen molar-refractivity contribution in [2.75, 3.05) is 18.9 Å². The van der Waals surface area contributed by atoms with E-state index >= 15 is 0 Å². The fourth-order valence-corrected chi connectivity index (χ4v) is 4.11. The summed E-state index contributed by atoms with van der Waals surface area (Å²) >= 11 is 4.13. The Labute approximate surface area is 177 Å². The maximum Gasteiger partial charge on any atom is 0.410 e. The van der Waals surface area contributed by atoms with Crippen LogP contribution < -0.4 is 0 Å². The zero-order valence-electron chi connectivity index (χ0n) is 16.7. The van der Waals surface area contributed by atoms with Gasteiger partial charge in [0, 0.05) is 18.2 Å². The van der Waals surface area contributed by atoms with E-state index in [2.05, 4.69) is 36.9 Å². The van der Waals surface area contributed by atoms with Crippen molar-refractivity contribution >= 4 is 24.7 Å². The van der Waals surface area contributed by atoms with Gasteiger partial charge in [-0.3, -0.25) is 4.90 Å². The molecule has 6 heteroatoms. The number of aliphatic carboxylic acids is 1. The van der Waals surface area contributed by atoms with E-state index in [1.54, 1.807) is 0 Å². The van der Waals surface area contributed by atoms with Gasteiger partial charge in [-0.15, -0.1) is 0 Å². The predicted molar refractivity (Wildman–Crippen MR) is 117 cm³/mol. The Bertz CT molecular complexity index is 837. The molecule has 1 N–H and O–H groups in total. The van der Waals surface area contributed by atoms with E-state index in [0.717, 1.165) is 22.3 Å². The molecule has 154 valence electrons. The highest BCUT2D eigenvalue weighted by Gasteiger charge is 2.33. The summed E-state index contributed by atoms with van der Waals surface area (Å²) in [4.78, 5) is 25.8. The Hall–Kier alpha value is -2.47. The van der Waals surface area contributed by atoms with E-state index in [9.17, 15) is 14.7 Å². The van der Waals surface area contributed by atoms with Crippen molar-refractivity contribution in [3.05, 3.63) is 59.7 Å². The van der Waals surface area contributed by atoms with Crippen LogP contribution in [0.5, 0.6) is 0 Å². The molecule has 3 rings (SSSR count). The van der Waals surface area contributed by atoms with Crippen LogP contribution in [0.4, 0.5) is 4.79 Å². The highest BCUT2D eigenvalue weighted by Crippen LogP contribution is 2.44. The first-order chi connectivity index (χ1) is 13.9. The van der Waals surface area contributed by atoms with E-state index in [0.29, 0.717) is 18.9 Å². The van der Waals surface area contributed by atoms with Crippen LogP contribution in [0, 0.1) is 5.92 Å². The third-order valence-electron chi connectivity index (χ3n) is 5.35. The van der Waals surface area contributed by atoms with E-state index in [4.69, 9.17) is 4.74 Å². The topological polar surface area (TPSA) is 66.8 Å². The van der Waals surface area contributed by atoms with Crippen LogP contribution in [0.3, 0.4) is 0 Å². The number of hydrogen-bond donors (Lipinski definition) is 2. The number of hydrogen-bond acceptors (Lipinski definition) is 4. The first-order valence-electron chi connectivity index (χ1n) is 9.89. The number of carbonyl (C=O) groups is 2. The summed E-state index contributed by atoms with van der Waals surface area (Å²) < 4.78 is 5.66. The van der Waals surface area contributed by atoms with Crippen molar-refractivity contribution in [2.45, 2.75) is 32.2 Å². The van der Waals surface area contributed by atoms with Crippen LogP contribution in [0.15, 0.2) is 48.5 Å². The number of ether oxygens (including phenoxy) is 1. The number of rotatable bonds is 8. The zero-order valence-corrected chi connectivity index (χ0v) is 17.6. The van der Waals surface area contributed by atoms with Crippen LogP contribution in [-0.4, -0.2) is 47.0 Å². The maximum absolute atomic E-state index is 12.8. The number of carboxylic acids is 1. The van der Waals surface area contributed by atoms with Gasteiger partial charge in [0.05, 0.1) is 0 Å². The minimum absolute atomic E-state index is 0.0393. The van der Waals surface area contributed by atoms with E-state index < -0.39 is 18.1 Å². The lowest BCUT2D eigenvalue weighted by atomic mass is 9.98. The molecular formula is C23H27NO4S. The second-order valence-electron chi connectivity index (χ2n) is 7.72. The minimum Gasteiger partial charge on any atom is -0.480 e. The van der Waals surface area contributed by atoms with Gasteiger partial charge in [-0.2, -0.15) is 12.6 Å². The van der Waals surface area contributed by atoms with Gasteiger partial charge in [0.2, 0.25) is 0 Å². The van der Waals surface area contributed by atoms with E-state index in [-0.39, 0.29) is 18.3 Å². The molecule has 0 aromatic heterocycles. The lowest BCUT2D eigenvalue weighted by Gasteiger charge is -2.28. The van der Waals surface area contributed by atoms with Crippen molar-refractivity contribution in [1.29, 1.82) is 0 Å². The van der Waals surface area contributed by atoms with Crippen molar-refractivity contribution in [2.24, 2.45) is 5.92 Å². The summed E-state index contributed by atoms with van der Waals surface area (Å²) in [6.45, 7) is 4.56. The molecule has 1 aliphatic carbocycles. The standard InChI is InChI=1S/C23H27NO4S/c1-15(2)11-12-24(21(14-29)22(25)26)23(27)28-13-20-18-9-5-3-7-16(18)17-8-4-6-10-19(17)20/h3-10,15,20-21,29H,11-14H2,1-2H3,(H,25,26)/t21-/m1/s1. The van der Waals surface area contributed by atoms with Gasteiger partial charge in [-0.05, 0) is 34.6 Å². The highest BCUT2D eigenvalue weighted by molar-refractivity contribution is 7.80. The molecule has 0 saturated heterocycles. The number of thiol groups is 1. The molecule has 0 fully saturated rings. The molecule has 1 aliphatic rings. The second kappa shape index (κ2) is 9.35. The molecule has 1 atom stereocenters. The van der Waals surface area contributed by atoms with Crippen LogP contribution >= 0.6 is 12.6 Å². The minimum atomic E-state index is -1.07. The maximum atomic E-state index is 12.8. The smallest absolute Gasteiger partial charge is 0.410 e. The van der Waals surface area contributed by atoms with Crippen molar-refractivity contribution in [1.82, 2.24) is 4.90 Å². The molecule has 0 saturated carbocycles. The third kappa shape index (κ3) is 4.58. The fourth-order valence-electron chi connectivity index (χ4n) is 3.76. The molecule has 0 radical (unpaired) electrons. The van der Waals surface area contributed by atoms with Crippen LogP contribution in [-0.2, 0) is 9.53 Å². The molecule has 29 heavy (non-hydrogen) atoms. The Balaban J connectivity index is 1.78. The lowest BCUT2D eigenvalue weighted by molar-refractivity contribution is -0.141. The first kappa shape index (κ1) is 21.2. The average molecular weight is 414 g/mol. The van der Waals surface area contributed by atoms with Gasteiger partial charge in [-0.25, -0.2) is 9.59 Å². The monoisotopic (exact) mass is 413 g/mol. The average Bonchev–Trinajstić information content (AvgIpc) is 3.02. The van der Waals surface area contributed by atoms with Gasteiger partial charge in [-0.1, -0.05) is 62.4 Å². The Kier molecular flexibility index (Phi) is 6.85. The van der Waals surface area contributed by atoms with Crippen molar-refractivity contribution < 1.29 is 19.4 Å². The summed E-state index contributed by atoms with van der Waals surface area (Å²) in [7, 11) is 0. The largest absolute Gasteiger partial charge is 0.480 e. The van der Waals surface area contributed by atoms with Crippen LogP contribution in [0.25, 0.3) is 11.1 Å². The van der Waals surface area contributed by atoms with Crippen molar-refractivity contribution in [3.63, 3.8) is 0 Å². The molecule has 0 heterocycles. The molecule has 0 spiro atoms. The van der Waals surface area contributed by atoms with Gasteiger partial charge in [0.25, 0.3) is 0 Å². The summed E-state index contributed by atoms with van der Waals surface area (Å²) in [6, 6.07) is 15.2. The fraction of sp³-hybridized carbons (Fsp3) is 0.391.